The fraction of sp³-hybridized carbons (Fsp3) is 0.455. The van der Waals surface area contributed by atoms with Crippen molar-refractivity contribution in [1.82, 2.24) is 0 Å². The van der Waals surface area contributed by atoms with E-state index in [4.69, 9.17) is 10.5 Å². The molecular formula is C11H13F2NO. The molecule has 1 fully saturated rings. The molecule has 2 nitrogen and oxygen atoms in total. The maximum atomic E-state index is 13.4. The van der Waals surface area contributed by atoms with Crippen LogP contribution in [0.25, 0.3) is 0 Å². The Morgan fingerprint density at radius 3 is 2.73 bits per heavy atom. The number of ether oxygens (including phenoxy) is 1. The van der Waals surface area contributed by atoms with Crippen LogP contribution in [-0.2, 0) is 4.74 Å². The number of nitrogens with two attached hydrogens (primary N) is 1. The van der Waals surface area contributed by atoms with Crippen LogP contribution >= 0.6 is 0 Å². The standard InChI is InChI=1S/C11H13F2NO/c12-7-1-3-10(13)9(5-7)11-4-2-8(14)6-15-11/h1,3,5,8,11H,2,4,6,14H2. The molecule has 1 saturated heterocycles. The molecule has 0 aliphatic carbocycles. The zero-order chi connectivity index (χ0) is 10.8. The van der Waals surface area contributed by atoms with Crippen molar-refractivity contribution in [2.45, 2.75) is 25.0 Å². The number of hydrogen-bond acceptors (Lipinski definition) is 2. The second kappa shape index (κ2) is 4.24. The molecule has 1 heterocycles. The summed E-state index contributed by atoms with van der Waals surface area (Å²) in [7, 11) is 0. The van der Waals surface area contributed by atoms with E-state index in [0.717, 1.165) is 18.6 Å². The maximum Gasteiger partial charge on any atom is 0.129 e. The van der Waals surface area contributed by atoms with Crippen molar-refractivity contribution in [3.63, 3.8) is 0 Å². The van der Waals surface area contributed by atoms with Gasteiger partial charge in [-0.25, -0.2) is 8.78 Å². The highest BCUT2D eigenvalue weighted by Crippen LogP contribution is 2.29. The molecule has 1 aliphatic heterocycles. The van der Waals surface area contributed by atoms with Gasteiger partial charge in [0.15, 0.2) is 0 Å². The molecule has 1 aromatic rings. The van der Waals surface area contributed by atoms with Gasteiger partial charge in [-0.3, -0.25) is 0 Å². The van der Waals surface area contributed by atoms with Gasteiger partial charge in [0, 0.05) is 11.6 Å². The summed E-state index contributed by atoms with van der Waals surface area (Å²) >= 11 is 0. The normalized spacial score (nSPS) is 26.6. The first-order chi connectivity index (χ1) is 7.16. The Morgan fingerprint density at radius 2 is 2.07 bits per heavy atom. The third-order valence-corrected chi connectivity index (χ3v) is 2.62. The molecule has 0 bridgehead atoms. The second-order valence-electron chi connectivity index (χ2n) is 3.83. The molecule has 0 amide bonds. The highest BCUT2D eigenvalue weighted by molar-refractivity contribution is 5.21. The number of benzene rings is 1. The fourth-order valence-electron chi connectivity index (χ4n) is 1.78. The summed E-state index contributed by atoms with van der Waals surface area (Å²) < 4.78 is 31.7. The van der Waals surface area contributed by atoms with Crippen molar-refractivity contribution in [3.8, 4) is 0 Å². The summed E-state index contributed by atoms with van der Waals surface area (Å²) in [5.74, 6) is -0.859. The molecule has 82 valence electrons. The van der Waals surface area contributed by atoms with Crippen LogP contribution < -0.4 is 5.73 Å². The molecule has 1 aliphatic rings. The smallest absolute Gasteiger partial charge is 0.129 e. The molecule has 0 saturated carbocycles. The van der Waals surface area contributed by atoms with E-state index in [1.54, 1.807) is 0 Å². The van der Waals surface area contributed by atoms with Gasteiger partial charge < -0.3 is 10.5 Å². The molecule has 2 unspecified atom stereocenters. The minimum atomic E-state index is -0.440. The summed E-state index contributed by atoms with van der Waals surface area (Å²) in [6.45, 7) is 0.403. The third-order valence-electron chi connectivity index (χ3n) is 2.62. The molecule has 15 heavy (non-hydrogen) atoms. The summed E-state index contributed by atoms with van der Waals surface area (Å²) in [4.78, 5) is 0. The quantitative estimate of drug-likeness (QED) is 0.775. The molecule has 0 aromatic heterocycles. The lowest BCUT2D eigenvalue weighted by atomic mass is 9.99. The van der Waals surface area contributed by atoms with Gasteiger partial charge in [0.2, 0.25) is 0 Å². The van der Waals surface area contributed by atoms with E-state index in [1.807, 2.05) is 0 Å². The Balaban J connectivity index is 2.18. The number of hydrogen-bond donors (Lipinski definition) is 1. The van der Waals surface area contributed by atoms with Crippen LogP contribution in [0.15, 0.2) is 18.2 Å². The average molecular weight is 213 g/mol. The van der Waals surface area contributed by atoms with Gasteiger partial charge in [-0.05, 0) is 31.0 Å². The zero-order valence-corrected chi connectivity index (χ0v) is 8.25. The van der Waals surface area contributed by atoms with E-state index in [-0.39, 0.29) is 12.1 Å². The van der Waals surface area contributed by atoms with Gasteiger partial charge in [0.05, 0.1) is 12.7 Å². The van der Waals surface area contributed by atoms with Crippen LogP contribution in [0.2, 0.25) is 0 Å². The van der Waals surface area contributed by atoms with Crippen molar-refractivity contribution in [2.75, 3.05) is 6.61 Å². The summed E-state index contributed by atoms with van der Waals surface area (Å²) in [6, 6.07) is 3.44. The predicted molar refractivity (Wildman–Crippen MR) is 52.3 cm³/mol. The zero-order valence-electron chi connectivity index (χ0n) is 8.25. The van der Waals surface area contributed by atoms with Crippen LogP contribution in [-0.4, -0.2) is 12.6 Å². The predicted octanol–water partition coefficient (Wildman–Crippen LogP) is 2.14. The number of rotatable bonds is 1. The summed E-state index contributed by atoms with van der Waals surface area (Å²) in [5.41, 5.74) is 5.94. The fourth-order valence-corrected chi connectivity index (χ4v) is 1.78. The molecule has 0 spiro atoms. The topological polar surface area (TPSA) is 35.2 Å². The van der Waals surface area contributed by atoms with Gasteiger partial charge in [-0.15, -0.1) is 0 Å². The lowest BCUT2D eigenvalue weighted by molar-refractivity contribution is 0.00197. The van der Waals surface area contributed by atoms with Crippen molar-refractivity contribution in [2.24, 2.45) is 5.73 Å². The first-order valence-corrected chi connectivity index (χ1v) is 4.99. The summed E-state index contributed by atoms with van der Waals surface area (Å²) in [6.07, 6.45) is 1.06. The molecule has 1 aromatic carbocycles. The lowest BCUT2D eigenvalue weighted by Crippen LogP contribution is -2.32. The monoisotopic (exact) mass is 213 g/mol. The number of halogens is 2. The van der Waals surface area contributed by atoms with E-state index in [2.05, 4.69) is 0 Å². The summed E-state index contributed by atoms with van der Waals surface area (Å²) in [5, 5.41) is 0. The Labute approximate surface area is 87.0 Å². The highest BCUT2D eigenvalue weighted by atomic mass is 19.1. The van der Waals surface area contributed by atoms with Gasteiger partial charge in [0.25, 0.3) is 0 Å². The van der Waals surface area contributed by atoms with E-state index >= 15 is 0 Å². The second-order valence-corrected chi connectivity index (χ2v) is 3.83. The van der Waals surface area contributed by atoms with Gasteiger partial charge >= 0.3 is 0 Å². The minimum absolute atomic E-state index is 0.0119. The van der Waals surface area contributed by atoms with Crippen LogP contribution in [0.5, 0.6) is 0 Å². The van der Waals surface area contributed by atoms with Gasteiger partial charge in [0.1, 0.15) is 11.6 Å². The Kier molecular flexibility index (Phi) is 2.98. The average Bonchev–Trinajstić information content (AvgIpc) is 2.23. The molecule has 0 radical (unpaired) electrons. The molecular weight excluding hydrogens is 200 g/mol. The van der Waals surface area contributed by atoms with Gasteiger partial charge in [-0.1, -0.05) is 0 Å². The Bertz CT molecular complexity index is 348. The van der Waals surface area contributed by atoms with Crippen molar-refractivity contribution < 1.29 is 13.5 Å². The van der Waals surface area contributed by atoms with Crippen molar-refractivity contribution in [1.29, 1.82) is 0 Å². The molecule has 2 atom stereocenters. The van der Waals surface area contributed by atoms with E-state index in [9.17, 15) is 8.78 Å². The van der Waals surface area contributed by atoms with Crippen LogP contribution in [0, 0.1) is 11.6 Å². The molecule has 2 N–H and O–H groups in total. The maximum absolute atomic E-state index is 13.4. The Hall–Kier alpha value is -1.00. The van der Waals surface area contributed by atoms with Crippen LogP contribution in [0.4, 0.5) is 8.78 Å². The van der Waals surface area contributed by atoms with Crippen molar-refractivity contribution in [3.05, 3.63) is 35.4 Å². The first-order valence-electron chi connectivity index (χ1n) is 4.99. The van der Waals surface area contributed by atoms with E-state index < -0.39 is 11.6 Å². The van der Waals surface area contributed by atoms with Gasteiger partial charge in [-0.2, -0.15) is 0 Å². The Morgan fingerprint density at radius 1 is 1.27 bits per heavy atom. The van der Waals surface area contributed by atoms with Crippen LogP contribution in [0.1, 0.15) is 24.5 Å². The highest BCUT2D eigenvalue weighted by Gasteiger charge is 2.23. The lowest BCUT2D eigenvalue weighted by Gasteiger charge is -2.27. The van der Waals surface area contributed by atoms with Crippen LogP contribution in [0.3, 0.4) is 0 Å². The van der Waals surface area contributed by atoms with Crippen molar-refractivity contribution >= 4 is 0 Å². The molecule has 4 heteroatoms. The minimum Gasteiger partial charge on any atom is -0.372 e. The largest absolute Gasteiger partial charge is 0.372 e. The third kappa shape index (κ3) is 2.33. The van der Waals surface area contributed by atoms with E-state index in [1.165, 1.54) is 6.07 Å². The first kappa shape index (κ1) is 10.5. The molecule has 2 rings (SSSR count). The van der Waals surface area contributed by atoms with E-state index in [0.29, 0.717) is 18.6 Å². The SMILES string of the molecule is NC1CCC(c2cc(F)ccc2F)OC1.